The molecule has 1 aliphatic heterocycles. The fraction of sp³-hybridized carbons (Fsp3) is 0.895. The quantitative estimate of drug-likeness (QED) is 0.289. The van der Waals surface area contributed by atoms with Crippen LogP contribution in [-0.4, -0.2) is 86.7 Å². The number of carbonyl (C=O) groups is 1. The van der Waals surface area contributed by atoms with Gasteiger partial charge in [-0.1, -0.05) is 13.8 Å². The minimum atomic E-state index is 0. The second-order valence-corrected chi connectivity index (χ2v) is 7.61. The highest BCUT2D eigenvalue weighted by molar-refractivity contribution is 14.0. The van der Waals surface area contributed by atoms with Gasteiger partial charge in [0.2, 0.25) is 5.91 Å². The molecular formula is C19H38IN5O2. The van der Waals surface area contributed by atoms with Crippen molar-refractivity contribution in [1.82, 2.24) is 20.4 Å². The Morgan fingerprint density at radius 3 is 2.41 bits per heavy atom. The van der Waals surface area contributed by atoms with Crippen molar-refractivity contribution in [2.75, 3.05) is 52.9 Å². The lowest BCUT2D eigenvalue weighted by molar-refractivity contribution is -0.122. The molecule has 0 bridgehead atoms. The molecule has 2 N–H and O–H groups in total. The molecule has 1 saturated carbocycles. The number of rotatable bonds is 9. The Morgan fingerprint density at radius 1 is 1.22 bits per heavy atom. The first-order valence-electron chi connectivity index (χ1n) is 10.1. The van der Waals surface area contributed by atoms with Crippen LogP contribution in [0.5, 0.6) is 0 Å². The minimum absolute atomic E-state index is 0. The van der Waals surface area contributed by atoms with Gasteiger partial charge < -0.3 is 20.3 Å². The van der Waals surface area contributed by atoms with Crippen molar-refractivity contribution in [3.8, 4) is 0 Å². The summed E-state index contributed by atoms with van der Waals surface area (Å²) >= 11 is 0. The zero-order valence-electron chi connectivity index (χ0n) is 17.4. The zero-order valence-corrected chi connectivity index (χ0v) is 19.7. The Hall–Kier alpha value is -0.610. The van der Waals surface area contributed by atoms with Crippen molar-refractivity contribution in [3.63, 3.8) is 0 Å². The Morgan fingerprint density at radius 2 is 1.89 bits per heavy atom. The lowest BCUT2D eigenvalue weighted by Crippen LogP contribution is -2.54. The Labute approximate surface area is 181 Å². The summed E-state index contributed by atoms with van der Waals surface area (Å²) in [4.78, 5) is 20.9. The number of nitrogens with one attached hydrogen (secondary N) is 2. The molecule has 1 saturated heterocycles. The Bertz CT molecular complexity index is 463. The van der Waals surface area contributed by atoms with Gasteiger partial charge in [0.25, 0.3) is 0 Å². The van der Waals surface area contributed by atoms with E-state index in [0.717, 1.165) is 64.6 Å². The molecule has 0 spiro atoms. The molecule has 1 heterocycles. The molecule has 0 aromatic carbocycles. The molecule has 2 fully saturated rings. The lowest BCUT2D eigenvalue weighted by Gasteiger charge is -2.36. The Balaban J connectivity index is 0.00000364. The van der Waals surface area contributed by atoms with E-state index in [1.807, 2.05) is 14.0 Å². The summed E-state index contributed by atoms with van der Waals surface area (Å²) in [6, 6.07) is 0.443. The van der Waals surface area contributed by atoms with Crippen LogP contribution in [0.4, 0.5) is 0 Å². The Kier molecular flexibility index (Phi) is 11.6. The highest BCUT2D eigenvalue weighted by atomic mass is 127. The third kappa shape index (κ3) is 8.95. The summed E-state index contributed by atoms with van der Waals surface area (Å²) in [6.07, 6.45) is 3.55. The van der Waals surface area contributed by atoms with E-state index in [4.69, 9.17) is 4.74 Å². The minimum Gasteiger partial charge on any atom is -0.378 e. The van der Waals surface area contributed by atoms with Gasteiger partial charge in [0.05, 0.1) is 12.6 Å². The number of nitrogens with zero attached hydrogens (tertiary/aromatic N) is 3. The third-order valence-electron chi connectivity index (χ3n) is 5.03. The molecule has 0 aromatic heterocycles. The van der Waals surface area contributed by atoms with Crippen LogP contribution < -0.4 is 10.6 Å². The van der Waals surface area contributed by atoms with Gasteiger partial charge >= 0.3 is 0 Å². The molecule has 0 radical (unpaired) electrons. The zero-order chi connectivity index (χ0) is 18.9. The molecule has 2 aliphatic rings. The monoisotopic (exact) mass is 495 g/mol. The first kappa shape index (κ1) is 24.4. The van der Waals surface area contributed by atoms with Gasteiger partial charge in [-0.15, -0.1) is 24.0 Å². The molecule has 0 aromatic rings. The van der Waals surface area contributed by atoms with Crippen LogP contribution in [0.3, 0.4) is 0 Å². The van der Waals surface area contributed by atoms with Crippen molar-refractivity contribution in [1.29, 1.82) is 0 Å². The summed E-state index contributed by atoms with van der Waals surface area (Å²) in [6.45, 7) is 12.2. The molecule has 7 nitrogen and oxygen atoms in total. The smallest absolute Gasteiger partial charge is 0.234 e. The second-order valence-electron chi connectivity index (χ2n) is 7.61. The first-order valence-corrected chi connectivity index (χ1v) is 10.1. The van der Waals surface area contributed by atoms with Gasteiger partial charge in [-0.25, -0.2) is 0 Å². The first-order chi connectivity index (χ1) is 12.5. The SMILES string of the molecule is CCOC(CCNC(=NC)N1CCN(CC(=O)NC2CC2)CC1)C(C)C.I. The van der Waals surface area contributed by atoms with Gasteiger partial charge in [-0.05, 0) is 32.1 Å². The van der Waals surface area contributed by atoms with E-state index >= 15 is 0 Å². The summed E-state index contributed by atoms with van der Waals surface area (Å²) in [7, 11) is 1.83. The van der Waals surface area contributed by atoms with Gasteiger partial charge in [0.15, 0.2) is 5.96 Å². The number of guanidine groups is 1. The van der Waals surface area contributed by atoms with E-state index in [0.29, 0.717) is 18.5 Å². The average molecular weight is 495 g/mol. The summed E-state index contributed by atoms with van der Waals surface area (Å²) in [5, 5.41) is 6.53. The van der Waals surface area contributed by atoms with Gasteiger partial charge in [-0.2, -0.15) is 0 Å². The van der Waals surface area contributed by atoms with E-state index in [-0.39, 0.29) is 36.0 Å². The van der Waals surface area contributed by atoms with E-state index in [1.165, 1.54) is 0 Å². The van der Waals surface area contributed by atoms with Crippen LogP contribution in [0, 0.1) is 5.92 Å². The number of aliphatic imine (C=N–C) groups is 1. The standard InChI is InChI=1S/C19H37N5O2.HI/c1-5-26-17(15(2)3)8-9-21-19(20-4)24-12-10-23(11-13-24)14-18(25)22-16-6-7-16;/h15-17H,5-14H2,1-4H3,(H,20,21)(H,22,25);1H. The number of hydrogen-bond acceptors (Lipinski definition) is 4. The number of hydrogen-bond donors (Lipinski definition) is 2. The van der Waals surface area contributed by atoms with Gasteiger partial charge in [0, 0.05) is 52.4 Å². The molecule has 1 amide bonds. The topological polar surface area (TPSA) is 69.2 Å². The van der Waals surface area contributed by atoms with Crippen LogP contribution in [0.2, 0.25) is 0 Å². The molecule has 158 valence electrons. The fourth-order valence-corrected chi connectivity index (χ4v) is 3.30. The van der Waals surface area contributed by atoms with Crippen molar-refractivity contribution in [2.24, 2.45) is 10.9 Å². The van der Waals surface area contributed by atoms with Gasteiger partial charge in [0.1, 0.15) is 0 Å². The van der Waals surface area contributed by atoms with Crippen molar-refractivity contribution in [2.45, 2.75) is 52.2 Å². The molecule has 1 aliphatic carbocycles. The number of ether oxygens (including phenoxy) is 1. The molecule has 1 atom stereocenters. The number of carbonyl (C=O) groups excluding carboxylic acids is 1. The van der Waals surface area contributed by atoms with Crippen molar-refractivity contribution >= 4 is 35.8 Å². The maximum Gasteiger partial charge on any atom is 0.234 e. The largest absolute Gasteiger partial charge is 0.378 e. The highest BCUT2D eigenvalue weighted by Gasteiger charge is 2.26. The summed E-state index contributed by atoms with van der Waals surface area (Å²) in [5.41, 5.74) is 0. The maximum atomic E-state index is 11.9. The number of amides is 1. The van der Waals surface area contributed by atoms with Crippen molar-refractivity contribution in [3.05, 3.63) is 0 Å². The predicted octanol–water partition coefficient (Wildman–Crippen LogP) is 1.53. The summed E-state index contributed by atoms with van der Waals surface area (Å²) in [5.74, 6) is 1.63. The summed E-state index contributed by atoms with van der Waals surface area (Å²) < 4.78 is 5.81. The molecule has 8 heteroatoms. The van der Waals surface area contributed by atoms with Crippen molar-refractivity contribution < 1.29 is 9.53 Å². The predicted molar refractivity (Wildman–Crippen MR) is 121 cm³/mol. The van der Waals surface area contributed by atoms with Crippen LogP contribution in [0.1, 0.15) is 40.0 Å². The normalized spacial score (nSPS) is 19.6. The van der Waals surface area contributed by atoms with E-state index < -0.39 is 0 Å². The maximum absolute atomic E-state index is 11.9. The second kappa shape index (κ2) is 12.8. The number of piperazine rings is 1. The molecular weight excluding hydrogens is 457 g/mol. The molecule has 2 rings (SSSR count). The van der Waals surface area contributed by atoms with E-state index in [1.54, 1.807) is 0 Å². The highest BCUT2D eigenvalue weighted by Crippen LogP contribution is 2.18. The number of halogens is 1. The van der Waals surface area contributed by atoms with Gasteiger partial charge in [-0.3, -0.25) is 14.7 Å². The van der Waals surface area contributed by atoms with Crippen LogP contribution >= 0.6 is 24.0 Å². The van der Waals surface area contributed by atoms with Crippen LogP contribution in [0.15, 0.2) is 4.99 Å². The van der Waals surface area contributed by atoms with Crippen LogP contribution in [-0.2, 0) is 9.53 Å². The molecule has 1 unspecified atom stereocenters. The lowest BCUT2D eigenvalue weighted by atomic mass is 10.0. The average Bonchev–Trinajstić information content (AvgIpc) is 3.42. The van der Waals surface area contributed by atoms with Crippen LogP contribution in [0.25, 0.3) is 0 Å². The molecule has 27 heavy (non-hydrogen) atoms. The third-order valence-corrected chi connectivity index (χ3v) is 5.03. The fourth-order valence-electron chi connectivity index (χ4n) is 3.30. The van der Waals surface area contributed by atoms with E-state index in [9.17, 15) is 4.79 Å². The van der Waals surface area contributed by atoms with E-state index in [2.05, 4.69) is 39.3 Å².